The molecule has 0 spiro atoms. The molecule has 2 nitrogen and oxygen atoms in total. The highest BCUT2D eigenvalue weighted by atomic mass is 35.5. The van der Waals surface area contributed by atoms with Crippen molar-refractivity contribution >= 4 is 0 Å². The Balaban J connectivity index is 0.000000170. The van der Waals surface area contributed by atoms with Crippen molar-refractivity contribution in [1.29, 1.82) is 0 Å². The number of rotatable bonds is 4. The van der Waals surface area contributed by atoms with E-state index in [4.69, 9.17) is 0 Å². The van der Waals surface area contributed by atoms with Crippen LogP contribution in [0.15, 0.2) is 60.7 Å². The van der Waals surface area contributed by atoms with Crippen LogP contribution in [0.5, 0.6) is 0 Å². The van der Waals surface area contributed by atoms with Crippen molar-refractivity contribution in [1.82, 2.24) is 0 Å². The summed E-state index contributed by atoms with van der Waals surface area (Å²) in [6.07, 6.45) is 8.54. The maximum Gasteiger partial charge on any atom is 0.0805 e. The van der Waals surface area contributed by atoms with Crippen molar-refractivity contribution in [2.24, 2.45) is 23.7 Å². The fourth-order valence-corrected chi connectivity index (χ4v) is 6.83. The number of hydrogen-bond acceptors (Lipinski definition) is 0. The predicted octanol–water partition coefficient (Wildman–Crippen LogP) is -3.68. The lowest BCUT2D eigenvalue weighted by molar-refractivity contribution is -0.921. The van der Waals surface area contributed by atoms with E-state index in [-0.39, 0.29) is 24.8 Å². The van der Waals surface area contributed by atoms with Crippen LogP contribution in [0, 0.1) is 23.7 Å². The van der Waals surface area contributed by atoms with Crippen LogP contribution in [0.1, 0.15) is 36.8 Å². The Hall–Kier alpha value is -1.06. The highest BCUT2D eigenvalue weighted by Crippen LogP contribution is 2.27. The number of halogens is 2. The van der Waals surface area contributed by atoms with Gasteiger partial charge in [0.25, 0.3) is 0 Å². The van der Waals surface area contributed by atoms with E-state index < -0.39 is 0 Å². The first-order chi connectivity index (χ1) is 14.8. The molecular weight excluding hydrogens is 435 g/mol. The maximum absolute atomic E-state index is 2.28. The number of benzene rings is 2. The van der Waals surface area contributed by atoms with E-state index in [0.717, 1.165) is 23.7 Å². The summed E-state index contributed by atoms with van der Waals surface area (Å²) in [5.74, 6) is 3.99. The third-order valence-corrected chi connectivity index (χ3v) is 8.59. The smallest absolute Gasteiger partial charge is 0.0805 e. The number of nitrogens with one attached hydrogen (secondary N) is 2. The van der Waals surface area contributed by atoms with Gasteiger partial charge in [0, 0.05) is 37.5 Å². The molecule has 2 atom stereocenters. The summed E-state index contributed by atoms with van der Waals surface area (Å²) in [6.45, 7) is 8.62. The van der Waals surface area contributed by atoms with E-state index in [2.05, 4.69) is 60.7 Å². The van der Waals surface area contributed by atoms with Crippen molar-refractivity contribution in [3.63, 3.8) is 0 Å². The molecule has 6 fully saturated rings. The molecule has 0 radical (unpaired) electrons. The molecule has 2 aromatic carbocycles. The molecule has 6 aliphatic heterocycles. The first kappa shape index (κ1) is 25.6. The first-order valence-corrected chi connectivity index (χ1v) is 12.6. The Morgan fingerprint density at radius 3 is 1.16 bits per heavy atom. The van der Waals surface area contributed by atoms with E-state index >= 15 is 0 Å². The highest BCUT2D eigenvalue weighted by molar-refractivity contribution is 5.16. The van der Waals surface area contributed by atoms with Gasteiger partial charge in [0.1, 0.15) is 0 Å². The zero-order valence-electron chi connectivity index (χ0n) is 19.3. The maximum atomic E-state index is 2.28. The molecule has 0 aliphatic carbocycles. The summed E-state index contributed by atoms with van der Waals surface area (Å²) in [6, 6.07) is 22.1. The molecule has 4 heteroatoms. The molecule has 6 heterocycles. The van der Waals surface area contributed by atoms with Crippen LogP contribution in [-0.2, 0) is 12.8 Å². The SMILES string of the molecule is [Cl-].[Cl-].c1ccc(CC2C[NH+]3CCC2CC3)cc1.c1ccc(CC2C[NH+]3CCC2CC3)cc1. The lowest BCUT2D eigenvalue weighted by Crippen LogP contribution is -3.15. The Bertz CT molecular complexity index is 701. The minimum Gasteiger partial charge on any atom is -1.00 e. The van der Waals surface area contributed by atoms with Gasteiger partial charge in [0.05, 0.1) is 39.3 Å². The predicted molar refractivity (Wildman–Crippen MR) is 124 cm³/mol. The van der Waals surface area contributed by atoms with Crippen LogP contribution in [0.3, 0.4) is 0 Å². The lowest BCUT2D eigenvalue weighted by atomic mass is 9.76. The van der Waals surface area contributed by atoms with Crippen molar-refractivity contribution in [2.75, 3.05) is 39.3 Å². The van der Waals surface area contributed by atoms with Crippen LogP contribution in [0.25, 0.3) is 0 Å². The van der Waals surface area contributed by atoms with Gasteiger partial charge in [0.2, 0.25) is 0 Å². The fraction of sp³-hybridized carbons (Fsp3) is 0.571. The van der Waals surface area contributed by atoms with Crippen molar-refractivity contribution in [3.8, 4) is 0 Å². The molecule has 6 saturated heterocycles. The molecule has 2 aromatic rings. The number of hydrogen-bond donors (Lipinski definition) is 2. The largest absolute Gasteiger partial charge is 1.00 e. The molecule has 0 saturated carbocycles. The molecule has 6 aliphatic rings. The quantitative estimate of drug-likeness (QED) is 0.451. The molecule has 176 valence electrons. The monoisotopic (exact) mass is 474 g/mol. The number of quaternary nitrogens is 2. The molecule has 4 bridgehead atoms. The lowest BCUT2D eigenvalue weighted by Gasteiger charge is -2.42. The van der Waals surface area contributed by atoms with E-state index in [9.17, 15) is 0 Å². The third kappa shape index (κ3) is 6.50. The van der Waals surface area contributed by atoms with Crippen LogP contribution >= 0.6 is 0 Å². The Kier molecular flexibility index (Phi) is 9.92. The molecule has 8 rings (SSSR count). The zero-order chi connectivity index (χ0) is 20.2. The molecule has 0 amide bonds. The highest BCUT2D eigenvalue weighted by Gasteiger charge is 2.37. The van der Waals surface area contributed by atoms with Crippen molar-refractivity contribution < 1.29 is 34.6 Å². The number of piperidine rings is 6. The van der Waals surface area contributed by atoms with E-state index in [0.29, 0.717) is 0 Å². The molecule has 0 aromatic heterocycles. The van der Waals surface area contributed by atoms with E-state index in [1.54, 1.807) is 0 Å². The third-order valence-electron chi connectivity index (χ3n) is 8.59. The van der Waals surface area contributed by atoms with Gasteiger partial charge in [-0.05, 0) is 35.8 Å². The molecule has 2 N–H and O–H groups in total. The topological polar surface area (TPSA) is 8.88 Å². The van der Waals surface area contributed by atoms with Gasteiger partial charge < -0.3 is 34.6 Å². The molecule has 2 unspecified atom stereocenters. The first-order valence-electron chi connectivity index (χ1n) is 12.6. The summed E-state index contributed by atoms with van der Waals surface area (Å²) >= 11 is 0. The summed E-state index contributed by atoms with van der Waals surface area (Å²) < 4.78 is 0. The minimum absolute atomic E-state index is 0. The second-order valence-corrected chi connectivity index (χ2v) is 10.5. The van der Waals surface area contributed by atoms with Gasteiger partial charge in [0.15, 0.2) is 0 Å². The van der Waals surface area contributed by atoms with Gasteiger partial charge in [-0.25, -0.2) is 0 Å². The summed E-state index contributed by atoms with van der Waals surface area (Å²) in [5.41, 5.74) is 3.08. The second-order valence-electron chi connectivity index (χ2n) is 10.5. The normalized spacial score (nSPS) is 32.1. The van der Waals surface area contributed by atoms with Crippen molar-refractivity contribution in [3.05, 3.63) is 71.8 Å². The Labute approximate surface area is 207 Å². The Morgan fingerprint density at radius 2 is 0.875 bits per heavy atom. The van der Waals surface area contributed by atoms with Crippen LogP contribution in [0.4, 0.5) is 0 Å². The molecular formula is C28H40Cl2N2. The van der Waals surface area contributed by atoms with Crippen molar-refractivity contribution in [2.45, 2.75) is 38.5 Å². The minimum atomic E-state index is 0. The summed E-state index contributed by atoms with van der Waals surface area (Å²) in [7, 11) is 0. The van der Waals surface area contributed by atoms with Crippen LogP contribution in [0.2, 0.25) is 0 Å². The van der Waals surface area contributed by atoms with E-state index in [1.165, 1.54) is 88.9 Å². The van der Waals surface area contributed by atoms with Gasteiger partial charge in [-0.2, -0.15) is 0 Å². The average molecular weight is 476 g/mol. The standard InChI is InChI=1S/2C14H19N.2ClH/c2*1-2-4-12(5-3-1)10-14-11-15-8-6-13(14)7-9-15;;/h2*1-5,13-14H,6-11H2;2*1H. The van der Waals surface area contributed by atoms with E-state index in [1.807, 2.05) is 9.80 Å². The molecule has 32 heavy (non-hydrogen) atoms. The van der Waals surface area contributed by atoms with Gasteiger partial charge in [-0.3, -0.25) is 0 Å². The van der Waals surface area contributed by atoms with Crippen LogP contribution in [-0.4, -0.2) is 39.3 Å². The summed E-state index contributed by atoms with van der Waals surface area (Å²) in [5, 5.41) is 0. The average Bonchev–Trinajstić information content (AvgIpc) is 2.83. The fourth-order valence-electron chi connectivity index (χ4n) is 6.83. The van der Waals surface area contributed by atoms with Crippen LogP contribution < -0.4 is 34.6 Å². The van der Waals surface area contributed by atoms with Gasteiger partial charge >= 0.3 is 0 Å². The zero-order valence-corrected chi connectivity index (χ0v) is 20.8. The number of fused-ring (bicyclic) bond motifs is 6. The Morgan fingerprint density at radius 1 is 0.531 bits per heavy atom. The second kappa shape index (κ2) is 12.4. The van der Waals surface area contributed by atoms with Gasteiger partial charge in [-0.15, -0.1) is 0 Å². The van der Waals surface area contributed by atoms with Gasteiger partial charge in [-0.1, -0.05) is 60.7 Å². The summed E-state index contributed by atoms with van der Waals surface area (Å²) in [4.78, 5) is 3.72.